The fourth-order valence-corrected chi connectivity index (χ4v) is 3.40. The lowest BCUT2D eigenvalue weighted by Gasteiger charge is -2.30. The van der Waals surface area contributed by atoms with Gasteiger partial charge in [-0.05, 0) is 56.2 Å². The Labute approximate surface area is 188 Å². The minimum atomic E-state index is -0.522. The van der Waals surface area contributed by atoms with E-state index in [0.29, 0.717) is 25.3 Å². The van der Waals surface area contributed by atoms with Gasteiger partial charge in [-0.25, -0.2) is 0 Å². The third kappa shape index (κ3) is 7.54. The number of aryl methyl sites for hydroxylation is 2. The molecule has 0 aliphatic carbocycles. The number of amides is 2. The van der Waals surface area contributed by atoms with Crippen molar-refractivity contribution in [3.8, 4) is 0 Å². The van der Waals surface area contributed by atoms with Crippen LogP contribution in [-0.4, -0.2) is 28.8 Å². The molecule has 0 saturated carbocycles. The molecule has 2 unspecified atom stereocenters. The predicted molar refractivity (Wildman–Crippen MR) is 128 cm³/mol. The Morgan fingerprint density at radius 3 is 2.03 bits per heavy atom. The first-order valence-electron chi connectivity index (χ1n) is 11.5. The molecule has 168 valence electrons. The van der Waals surface area contributed by atoms with Crippen LogP contribution in [0.2, 0.25) is 0 Å². The number of carbonyl (C=O) groups excluding carboxylic acids is 2. The van der Waals surface area contributed by atoms with Crippen molar-refractivity contribution in [2.24, 2.45) is 0 Å². The summed E-state index contributed by atoms with van der Waals surface area (Å²) in [5.74, 6) is 0.391. The number of nitrogens with zero attached hydrogens (tertiary/aromatic N) is 1. The first-order valence-corrected chi connectivity index (χ1v) is 11.5. The Morgan fingerprint density at radius 2 is 1.48 bits per heavy atom. The average Bonchev–Trinajstić information content (AvgIpc) is 2.76. The van der Waals surface area contributed by atoms with E-state index in [-0.39, 0.29) is 17.9 Å². The van der Waals surface area contributed by atoms with Gasteiger partial charge in [0.05, 0.1) is 0 Å². The van der Waals surface area contributed by atoms with E-state index in [0.717, 1.165) is 17.5 Å². The number of hydrogen-bond acceptors (Lipinski definition) is 2. The van der Waals surface area contributed by atoms with Gasteiger partial charge in [-0.3, -0.25) is 9.59 Å². The third-order valence-electron chi connectivity index (χ3n) is 5.92. The molecular weight excluding hydrogens is 384 g/mol. The minimum Gasteiger partial charge on any atom is -0.352 e. The molecule has 4 heteroatoms. The van der Waals surface area contributed by atoms with Gasteiger partial charge in [0.1, 0.15) is 6.04 Å². The van der Waals surface area contributed by atoms with Crippen LogP contribution in [0.15, 0.2) is 48.5 Å². The summed E-state index contributed by atoms with van der Waals surface area (Å²) in [6.07, 6.45) is 1.91. The van der Waals surface area contributed by atoms with Gasteiger partial charge >= 0.3 is 0 Å². The van der Waals surface area contributed by atoms with Gasteiger partial charge in [0.2, 0.25) is 11.8 Å². The number of hydrogen-bond donors (Lipinski definition) is 1. The quantitative estimate of drug-likeness (QED) is 0.559. The molecule has 2 atom stereocenters. The molecule has 0 spiro atoms. The number of nitrogens with one attached hydrogen (secondary N) is 1. The topological polar surface area (TPSA) is 49.4 Å². The van der Waals surface area contributed by atoms with E-state index in [1.54, 1.807) is 4.90 Å². The molecule has 0 saturated heterocycles. The molecule has 0 fully saturated rings. The SMILES string of the molecule is CCC(C)NC(=O)C(C)N(Cc1ccc(C)cc1)C(=O)CCc1ccc(C(C)C)cc1. The van der Waals surface area contributed by atoms with Crippen LogP contribution < -0.4 is 5.32 Å². The van der Waals surface area contributed by atoms with Crippen LogP contribution in [0.25, 0.3) is 0 Å². The normalized spacial score (nSPS) is 13.0. The maximum absolute atomic E-state index is 13.2. The van der Waals surface area contributed by atoms with Crippen molar-refractivity contribution in [1.29, 1.82) is 0 Å². The third-order valence-corrected chi connectivity index (χ3v) is 5.92. The molecule has 0 aliphatic rings. The summed E-state index contributed by atoms with van der Waals surface area (Å²) in [5.41, 5.74) is 4.65. The molecule has 1 N–H and O–H groups in total. The first kappa shape index (κ1) is 24.6. The van der Waals surface area contributed by atoms with Gasteiger partial charge < -0.3 is 10.2 Å². The van der Waals surface area contributed by atoms with E-state index in [1.807, 2.05) is 52.0 Å². The summed E-state index contributed by atoms with van der Waals surface area (Å²) < 4.78 is 0. The van der Waals surface area contributed by atoms with Crippen molar-refractivity contribution in [3.63, 3.8) is 0 Å². The number of benzene rings is 2. The molecule has 31 heavy (non-hydrogen) atoms. The Bertz CT molecular complexity index is 841. The average molecular weight is 423 g/mol. The van der Waals surface area contributed by atoms with Gasteiger partial charge in [0.25, 0.3) is 0 Å². The van der Waals surface area contributed by atoms with Gasteiger partial charge in [0.15, 0.2) is 0 Å². The Kier molecular flexibility index (Phi) is 9.29. The highest BCUT2D eigenvalue weighted by molar-refractivity contribution is 5.87. The summed E-state index contributed by atoms with van der Waals surface area (Å²) >= 11 is 0. The highest BCUT2D eigenvalue weighted by Gasteiger charge is 2.26. The van der Waals surface area contributed by atoms with Crippen molar-refractivity contribution in [2.45, 2.75) is 85.4 Å². The van der Waals surface area contributed by atoms with E-state index in [4.69, 9.17) is 0 Å². The fraction of sp³-hybridized carbons (Fsp3) is 0.481. The van der Waals surface area contributed by atoms with Crippen LogP contribution in [0, 0.1) is 6.92 Å². The smallest absolute Gasteiger partial charge is 0.242 e. The maximum atomic E-state index is 13.2. The van der Waals surface area contributed by atoms with Crippen LogP contribution >= 0.6 is 0 Å². The Balaban J connectivity index is 2.12. The Hall–Kier alpha value is -2.62. The standard InChI is InChI=1S/C27H38N2O2/c1-7-21(5)28-27(31)22(6)29(18-24-10-8-20(4)9-11-24)26(30)17-14-23-12-15-25(16-13-23)19(2)3/h8-13,15-16,19,21-22H,7,14,17-18H2,1-6H3,(H,28,31). The van der Waals surface area contributed by atoms with Gasteiger partial charge in [-0.1, -0.05) is 74.9 Å². The summed E-state index contributed by atoms with van der Waals surface area (Å²) in [6, 6.07) is 16.2. The predicted octanol–water partition coefficient (Wildman–Crippen LogP) is 5.38. The lowest BCUT2D eigenvalue weighted by molar-refractivity contribution is -0.140. The van der Waals surface area contributed by atoms with E-state index < -0.39 is 6.04 Å². The number of carbonyl (C=O) groups is 2. The molecule has 2 rings (SSSR count). The van der Waals surface area contributed by atoms with Crippen molar-refractivity contribution in [2.75, 3.05) is 0 Å². The molecule has 2 aromatic rings. The van der Waals surface area contributed by atoms with E-state index >= 15 is 0 Å². The van der Waals surface area contributed by atoms with Gasteiger partial charge in [0, 0.05) is 19.0 Å². The second-order valence-corrected chi connectivity index (χ2v) is 8.90. The van der Waals surface area contributed by atoms with Crippen LogP contribution in [0.3, 0.4) is 0 Å². The van der Waals surface area contributed by atoms with Crippen molar-refractivity contribution in [1.82, 2.24) is 10.2 Å². The van der Waals surface area contributed by atoms with Gasteiger partial charge in [-0.2, -0.15) is 0 Å². The highest BCUT2D eigenvalue weighted by Crippen LogP contribution is 2.17. The van der Waals surface area contributed by atoms with E-state index in [2.05, 4.69) is 43.4 Å². The highest BCUT2D eigenvalue weighted by atomic mass is 16.2. The molecule has 0 bridgehead atoms. The Morgan fingerprint density at radius 1 is 0.903 bits per heavy atom. The summed E-state index contributed by atoms with van der Waals surface area (Å²) in [7, 11) is 0. The molecule has 2 aromatic carbocycles. The first-order chi connectivity index (χ1) is 14.7. The van der Waals surface area contributed by atoms with Crippen LogP contribution in [-0.2, 0) is 22.6 Å². The number of rotatable bonds is 10. The van der Waals surface area contributed by atoms with E-state index in [9.17, 15) is 9.59 Å². The van der Waals surface area contributed by atoms with Gasteiger partial charge in [-0.15, -0.1) is 0 Å². The van der Waals surface area contributed by atoms with Crippen LogP contribution in [0.5, 0.6) is 0 Å². The molecule has 0 heterocycles. The summed E-state index contributed by atoms with van der Waals surface area (Å²) in [5, 5.41) is 3.02. The second kappa shape index (κ2) is 11.7. The summed E-state index contributed by atoms with van der Waals surface area (Å²) in [4.78, 5) is 27.7. The molecule has 4 nitrogen and oxygen atoms in total. The lowest BCUT2D eigenvalue weighted by atomic mass is 10.00. The van der Waals surface area contributed by atoms with Crippen molar-refractivity contribution in [3.05, 3.63) is 70.8 Å². The second-order valence-electron chi connectivity index (χ2n) is 8.90. The monoisotopic (exact) mass is 422 g/mol. The zero-order chi connectivity index (χ0) is 23.0. The molecular formula is C27H38N2O2. The molecule has 0 radical (unpaired) electrons. The van der Waals surface area contributed by atoms with Crippen molar-refractivity contribution >= 4 is 11.8 Å². The van der Waals surface area contributed by atoms with E-state index in [1.165, 1.54) is 11.1 Å². The zero-order valence-corrected chi connectivity index (χ0v) is 19.9. The molecule has 2 amide bonds. The molecule has 0 aromatic heterocycles. The minimum absolute atomic E-state index is 0.000289. The lowest BCUT2D eigenvalue weighted by Crippen LogP contribution is -2.49. The zero-order valence-electron chi connectivity index (χ0n) is 19.9. The largest absolute Gasteiger partial charge is 0.352 e. The fourth-order valence-electron chi connectivity index (χ4n) is 3.40. The molecule has 0 aliphatic heterocycles. The summed E-state index contributed by atoms with van der Waals surface area (Å²) in [6.45, 7) is 12.7. The van der Waals surface area contributed by atoms with Crippen LogP contribution in [0.1, 0.15) is 75.6 Å². The van der Waals surface area contributed by atoms with Crippen LogP contribution in [0.4, 0.5) is 0 Å². The van der Waals surface area contributed by atoms with Crippen molar-refractivity contribution < 1.29 is 9.59 Å². The maximum Gasteiger partial charge on any atom is 0.242 e.